The van der Waals surface area contributed by atoms with Crippen molar-refractivity contribution in [2.75, 3.05) is 39.3 Å². The van der Waals surface area contributed by atoms with Gasteiger partial charge in [0.15, 0.2) is 0 Å². The number of likely N-dealkylation sites (tertiary alicyclic amines) is 1. The summed E-state index contributed by atoms with van der Waals surface area (Å²) in [6.07, 6.45) is 3.81. The summed E-state index contributed by atoms with van der Waals surface area (Å²) in [5, 5.41) is 3.45. The average Bonchev–Trinajstić information content (AvgIpc) is 2.46. The van der Waals surface area contributed by atoms with Crippen LogP contribution in [0, 0.1) is 5.92 Å². The van der Waals surface area contributed by atoms with Crippen LogP contribution in [0.15, 0.2) is 0 Å². The molecule has 1 N–H and O–H groups in total. The van der Waals surface area contributed by atoms with Gasteiger partial charge in [-0.3, -0.25) is 4.79 Å². The highest BCUT2D eigenvalue weighted by Crippen LogP contribution is 2.19. The van der Waals surface area contributed by atoms with Crippen molar-refractivity contribution >= 4 is 5.91 Å². The maximum Gasteiger partial charge on any atom is 0.236 e. The van der Waals surface area contributed by atoms with Crippen molar-refractivity contribution in [3.8, 4) is 0 Å². The molecule has 2 atom stereocenters. The van der Waals surface area contributed by atoms with Gasteiger partial charge < -0.3 is 15.1 Å². The van der Waals surface area contributed by atoms with Gasteiger partial charge in [0.2, 0.25) is 5.91 Å². The number of carbonyl (C=O) groups excluding carboxylic acids is 1. The molecule has 0 radical (unpaired) electrons. The highest BCUT2D eigenvalue weighted by atomic mass is 16.2. The summed E-state index contributed by atoms with van der Waals surface area (Å²) < 4.78 is 0. The predicted octanol–water partition coefficient (Wildman–Crippen LogP) is 1.95. The Kier molecular flexibility index (Phi) is 8.15. The minimum atomic E-state index is 0.225. The molecule has 1 aliphatic rings. The zero-order valence-corrected chi connectivity index (χ0v) is 13.8. The Labute approximate surface area is 124 Å². The first-order chi connectivity index (χ1) is 9.62. The summed E-state index contributed by atoms with van der Waals surface area (Å²) in [6.45, 7) is 14.3. The van der Waals surface area contributed by atoms with Crippen LogP contribution in [0.5, 0.6) is 0 Å². The molecule has 1 amide bonds. The van der Waals surface area contributed by atoms with Crippen LogP contribution in [0.3, 0.4) is 0 Å². The van der Waals surface area contributed by atoms with Gasteiger partial charge in [0.05, 0.1) is 6.54 Å². The lowest BCUT2D eigenvalue weighted by molar-refractivity contribution is -0.130. The van der Waals surface area contributed by atoms with Crippen molar-refractivity contribution in [3.63, 3.8) is 0 Å². The van der Waals surface area contributed by atoms with Crippen molar-refractivity contribution in [2.24, 2.45) is 5.92 Å². The summed E-state index contributed by atoms with van der Waals surface area (Å²) >= 11 is 0. The van der Waals surface area contributed by atoms with Gasteiger partial charge in [-0.1, -0.05) is 6.92 Å². The third-order valence-corrected chi connectivity index (χ3v) is 4.48. The van der Waals surface area contributed by atoms with Gasteiger partial charge >= 0.3 is 0 Å². The normalized spacial score (nSPS) is 21.7. The molecule has 1 heterocycles. The largest absolute Gasteiger partial charge is 0.342 e. The van der Waals surface area contributed by atoms with E-state index in [1.54, 1.807) is 0 Å². The van der Waals surface area contributed by atoms with E-state index in [1.807, 2.05) is 18.7 Å². The minimum absolute atomic E-state index is 0.225. The topological polar surface area (TPSA) is 35.6 Å². The standard InChI is InChI=1S/C16H33N3O/c1-5-10-18-11-8-9-15(13-18)14(4)17-12-16(20)19(6-2)7-3/h14-15,17H,5-13H2,1-4H3. The van der Waals surface area contributed by atoms with Crippen molar-refractivity contribution in [1.82, 2.24) is 15.1 Å². The summed E-state index contributed by atoms with van der Waals surface area (Å²) in [4.78, 5) is 16.5. The highest BCUT2D eigenvalue weighted by Gasteiger charge is 2.24. The molecule has 1 rings (SSSR count). The fraction of sp³-hybridized carbons (Fsp3) is 0.938. The third kappa shape index (κ3) is 5.41. The quantitative estimate of drug-likeness (QED) is 0.739. The Bertz CT molecular complexity index is 277. The monoisotopic (exact) mass is 283 g/mol. The second-order valence-electron chi connectivity index (χ2n) is 5.94. The zero-order chi connectivity index (χ0) is 15.0. The fourth-order valence-electron chi connectivity index (χ4n) is 3.12. The van der Waals surface area contributed by atoms with Crippen molar-refractivity contribution in [3.05, 3.63) is 0 Å². The first-order valence-electron chi connectivity index (χ1n) is 8.35. The molecular weight excluding hydrogens is 250 g/mol. The Balaban J connectivity index is 2.34. The predicted molar refractivity (Wildman–Crippen MR) is 84.8 cm³/mol. The van der Waals surface area contributed by atoms with Gasteiger partial charge in [-0.05, 0) is 59.0 Å². The van der Waals surface area contributed by atoms with E-state index < -0.39 is 0 Å². The molecular formula is C16H33N3O. The van der Waals surface area contributed by atoms with Crippen LogP contribution in [0.4, 0.5) is 0 Å². The third-order valence-electron chi connectivity index (χ3n) is 4.48. The van der Waals surface area contributed by atoms with E-state index in [2.05, 4.69) is 24.1 Å². The minimum Gasteiger partial charge on any atom is -0.342 e. The van der Waals surface area contributed by atoms with E-state index in [1.165, 1.54) is 38.9 Å². The second kappa shape index (κ2) is 9.35. The lowest BCUT2D eigenvalue weighted by atomic mass is 9.91. The van der Waals surface area contributed by atoms with Crippen LogP contribution in [-0.2, 0) is 4.79 Å². The van der Waals surface area contributed by atoms with Crippen LogP contribution >= 0.6 is 0 Å². The van der Waals surface area contributed by atoms with E-state index in [0.29, 0.717) is 18.5 Å². The molecule has 2 unspecified atom stereocenters. The number of nitrogens with one attached hydrogen (secondary N) is 1. The number of likely N-dealkylation sites (N-methyl/N-ethyl adjacent to an activating group) is 1. The molecule has 0 aromatic rings. The zero-order valence-electron chi connectivity index (χ0n) is 13.8. The summed E-state index contributed by atoms with van der Waals surface area (Å²) in [5.74, 6) is 0.905. The lowest BCUT2D eigenvalue weighted by Gasteiger charge is -2.36. The van der Waals surface area contributed by atoms with Gasteiger partial charge in [0.1, 0.15) is 0 Å². The molecule has 20 heavy (non-hydrogen) atoms. The van der Waals surface area contributed by atoms with E-state index in [9.17, 15) is 4.79 Å². The fourth-order valence-corrected chi connectivity index (χ4v) is 3.12. The Morgan fingerprint density at radius 3 is 2.65 bits per heavy atom. The molecule has 0 aliphatic carbocycles. The van der Waals surface area contributed by atoms with E-state index >= 15 is 0 Å². The van der Waals surface area contributed by atoms with Gasteiger partial charge in [0.25, 0.3) is 0 Å². The number of nitrogens with zero attached hydrogens (tertiary/aromatic N) is 2. The first-order valence-corrected chi connectivity index (χ1v) is 8.35. The molecule has 0 aromatic carbocycles. The number of hydrogen-bond acceptors (Lipinski definition) is 3. The van der Waals surface area contributed by atoms with E-state index in [4.69, 9.17) is 0 Å². The Morgan fingerprint density at radius 2 is 2.05 bits per heavy atom. The SMILES string of the molecule is CCCN1CCCC(C(C)NCC(=O)N(CC)CC)C1. The van der Waals surface area contributed by atoms with Crippen LogP contribution in [0.2, 0.25) is 0 Å². The number of piperidine rings is 1. The van der Waals surface area contributed by atoms with Gasteiger partial charge in [0, 0.05) is 25.7 Å². The molecule has 4 heteroatoms. The number of rotatable bonds is 8. The van der Waals surface area contributed by atoms with Crippen molar-refractivity contribution in [1.29, 1.82) is 0 Å². The molecule has 118 valence electrons. The van der Waals surface area contributed by atoms with Gasteiger partial charge in [-0.2, -0.15) is 0 Å². The molecule has 1 saturated heterocycles. The number of hydrogen-bond donors (Lipinski definition) is 1. The van der Waals surface area contributed by atoms with E-state index in [0.717, 1.165) is 13.1 Å². The van der Waals surface area contributed by atoms with Crippen molar-refractivity contribution < 1.29 is 4.79 Å². The van der Waals surface area contributed by atoms with Crippen molar-refractivity contribution in [2.45, 2.75) is 53.0 Å². The van der Waals surface area contributed by atoms with Gasteiger partial charge in [-0.25, -0.2) is 0 Å². The lowest BCUT2D eigenvalue weighted by Crippen LogP contribution is -2.47. The second-order valence-corrected chi connectivity index (χ2v) is 5.94. The Hall–Kier alpha value is -0.610. The van der Waals surface area contributed by atoms with Crippen LogP contribution < -0.4 is 5.32 Å². The summed E-state index contributed by atoms with van der Waals surface area (Å²) in [5.41, 5.74) is 0. The number of amides is 1. The first kappa shape index (κ1) is 17.4. The maximum absolute atomic E-state index is 12.0. The molecule has 0 aromatic heterocycles. The number of carbonyl (C=O) groups is 1. The smallest absolute Gasteiger partial charge is 0.236 e. The molecule has 0 spiro atoms. The molecule has 1 fully saturated rings. The van der Waals surface area contributed by atoms with Crippen LogP contribution in [0.25, 0.3) is 0 Å². The van der Waals surface area contributed by atoms with Gasteiger partial charge in [-0.15, -0.1) is 0 Å². The highest BCUT2D eigenvalue weighted by molar-refractivity contribution is 5.78. The molecule has 0 saturated carbocycles. The summed E-state index contributed by atoms with van der Waals surface area (Å²) in [7, 11) is 0. The van der Waals surface area contributed by atoms with Crippen LogP contribution in [-0.4, -0.2) is 61.0 Å². The molecule has 0 bridgehead atoms. The Morgan fingerprint density at radius 1 is 1.35 bits per heavy atom. The maximum atomic E-state index is 12.0. The van der Waals surface area contributed by atoms with E-state index in [-0.39, 0.29) is 5.91 Å². The van der Waals surface area contributed by atoms with Crippen LogP contribution in [0.1, 0.15) is 47.0 Å². The molecule has 4 nitrogen and oxygen atoms in total. The molecule has 1 aliphatic heterocycles. The average molecular weight is 283 g/mol. The summed E-state index contributed by atoms with van der Waals surface area (Å²) in [6, 6.07) is 0.425.